The highest BCUT2D eigenvalue weighted by Crippen LogP contribution is 2.24. The van der Waals surface area contributed by atoms with Crippen LogP contribution in [0.1, 0.15) is 37.3 Å². The summed E-state index contributed by atoms with van der Waals surface area (Å²) in [6.45, 7) is 4.74. The lowest BCUT2D eigenvalue weighted by molar-refractivity contribution is -0.129. The zero-order chi connectivity index (χ0) is 17.7. The van der Waals surface area contributed by atoms with Gasteiger partial charge in [0.2, 0.25) is 5.91 Å². The molecule has 24 heavy (non-hydrogen) atoms. The Labute approximate surface area is 142 Å². The number of nitrogens with zero attached hydrogens (tertiary/aromatic N) is 1. The minimum absolute atomic E-state index is 0.0528. The SMILES string of the molecule is CCCCN(C)C(=O)CCc1c(C)c2ccc(OC)cc2oc1=O. The van der Waals surface area contributed by atoms with Crippen LogP contribution in [0, 0.1) is 6.92 Å². The van der Waals surface area contributed by atoms with Crippen LogP contribution in [0.15, 0.2) is 27.4 Å². The van der Waals surface area contributed by atoms with Crippen molar-refractivity contribution in [3.63, 3.8) is 0 Å². The number of fused-ring (bicyclic) bond motifs is 1. The van der Waals surface area contributed by atoms with Gasteiger partial charge in [-0.25, -0.2) is 4.79 Å². The summed E-state index contributed by atoms with van der Waals surface area (Å²) in [6.07, 6.45) is 2.74. The summed E-state index contributed by atoms with van der Waals surface area (Å²) >= 11 is 0. The third kappa shape index (κ3) is 3.96. The molecule has 0 N–H and O–H groups in total. The molecule has 5 heteroatoms. The second kappa shape index (κ2) is 7.99. The molecule has 130 valence electrons. The van der Waals surface area contributed by atoms with E-state index in [0.717, 1.165) is 30.3 Å². The molecular weight excluding hydrogens is 306 g/mol. The standard InChI is InChI=1S/C19H25NO4/c1-5-6-11-20(3)18(21)10-9-16-13(2)15-8-7-14(23-4)12-17(15)24-19(16)22/h7-8,12H,5-6,9-11H2,1-4H3. The normalized spacial score (nSPS) is 10.8. The van der Waals surface area contributed by atoms with Gasteiger partial charge < -0.3 is 14.1 Å². The molecule has 0 aliphatic heterocycles. The van der Waals surface area contributed by atoms with E-state index in [0.29, 0.717) is 29.7 Å². The van der Waals surface area contributed by atoms with Gasteiger partial charge in [-0.3, -0.25) is 4.79 Å². The van der Waals surface area contributed by atoms with E-state index in [4.69, 9.17) is 9.15 Å². The molecule has 0 saturated heterocycles. The Morgan fingerprint density at radius 2 is 2.08 bits per heavy atom. The first kappa shape index (κ1) is 18.0. The van der Waals surface area contributed by atoms with Crippen LogP contribution in [0.3, 0.4) is 0 Å². The van der Waals surface area contributed by atoms with E-state index in [1.165, 1.54) is 0 Å². The molecule has 0 spiro atoms. The van der Waals surface area contributed by atoms with Crippen molar-refractivity contribution in [2.75, 3.05) is 20.7 Å². The first-order chi connectivity index (χ1) is 11.5. The topological polar surface area (TPSA) is 59.8 Å². The molecule has 1 heterocycles. The van der Waals surface area contributed by atoms with Crippen LogP contribution in [-0.4, -0.2) is 31.5 Å². The summed E-state index contributed by atoms with van der Waals surface area (Å²) in [4.78, 5) is 26.2. The molecule has 1 amide bonds. The number of rotatable bonds is 7. The largest absolute Gasteiger partial charge is 0.497 e. The Morgan fingerprint density at radius 3 is 2.75 bits per heavy atom. The van der Waals surface area contributed by atoms with Crippen molar-refractivity contribution in [2.45, 2.75) is 39.5 Å². The lowest BCUT2D eigenvalue weighted by Gasteiger charge is -2.16. The van der Waals surface area contributed by atoms with E-state index < -0.39 is 0 Å². The zero-order valence-electron chi connectivity index (χ0n) is 14.8. The van der Waals surface area contributed by atoms with E-state index in [2.05, 4.69) is 6.92 Å². The van der Waals surface area contributed by atoms with Gasteiger partial charge in [0.1, 0.15) is 11.3 Å². The molecule has 0 aliphatic rings. The van der Waals surface area contributed by atoms with Crippen LogP contribution in [0.25, 0.3) is 11.0 Å². The molecule has 2 aromatic rings. The van der Waals surface area contributed by atoms with E-state index >= 15 is 0 Å². The first-order valence-electron chi connectivity index (χ1n) is 8.32. The summed E-state index contributed by atoms with van der Waals surface area (Å²) in [5.41, 5.74) is 1.57. The summed E-state index contributed by atoms with van der Waals surface area (Å²) < 4.78 is 10.6. The number of unbranched alkanes of at least 4 members (excludes halogenated alkanes) is 1. The summed E-state index contributed by atoms with van der Waals surface area (Å²) in [5.74, 6) is 0.697. The van der Waals surface area contributed by atoms with Gasteiger partial charge in [-0.2, -0.15) is 0 Å². The number of hydrogen-bond acceptors (Lipinski definition) is 4. The van der Waals surface area contributed by atoms with Gasteiger partial charge in [0.05, 0.1) is 7.11 Å². The van der Waals surface area contributed by atoms with E-state index in [9.17, 15) is 9.59 Å². The van der Waals surface area contributed by atoms with Crippen LogP contribution in [0.5, 0.6) is 5.75 Å². The third-order valence-corrected chi connectivity index (χ3v) is 4.36. The Balaban J connectivity index is 2.20. The van der Waals surface area contributed by atoms with E-state index in [1.54, 1.807) is 25.1 Å². The molecule has 0 aliphatic carbocycles. The smallest absolute Gasteiger partial charge is 0.339 e. The van der Waals surface area contributed by atoms with E-state index in [1.807, 2.05) is 19.1 Å². The van der Waals surface area contributed by atoms with Crippen LogP contribution in [0.2, 0.25) is 0 Å². The van der Waals surface area contributed by atoms with Crippen molar-refractivity contribution in [1.82, 2.24) is 4.90 Å². The van der Waals surface area contributed by atoms with Gasteiger partial charge in [-0.15, -0.1) is 0 Å². The quantitative estimate of drug-likeness (QED) is 0.730. The molecule has 1 aromatic heterocycles. The van der Waals surface area contributed by atoms with Gasteiger partial charge in [-0.05, 0) is 37.5 Å². The maximum Gasteiger partial charge on any atom is 0.339 e. The fraction of sp³-hybridized carbons (Fsp3) is 0.474. The minimum Gasteiger partial charge on any atom is -0.497 e. The molecule has 0 atom stereocenters. The van der Waals surface area contributed by atoms with Crippen molar-refractivity contribution in [3.05, 3.63) is 39.7 Å². The maximum absolute atomic E-state index is 12.3. The number of methoxy groups -OCH3 is 1. The summed E-state index contributed by atoms with van der Waals surface area (Å²) in [5, 5.41) is 0.872. The van der Waals surface area contributed by atoms with Crippen LogP contribution in [-0.2, 0) is 11.2 Å². The fourth-order valence-corrected chi connectivity index (χ4v) is 2.73. The fourth-order valence-electron chi connectivity index (χ4n) is 2.73. The Bertz CT molecular complexity index is 779. The van der Waals surface area contributed by atoms with E-state index in [-0.39, 0.29) is 11.5 Å². The monoisotopic (exact) mass is 331 g/mol. The minimum atomic E-state index is -0.378. The van der Waals surface area contributed by atoms with Gasteiger partial charge in [-0.1, -0.05) is 13.3 Å². The summed E-state index contributed by atoms with van der Waals surface area (Å²) in [7, 11) is 3.38. The highest BCUT2D eigenvalue weighted by atomic mass is 16.5. The zero-order valence-corrected chi connectivity index (χ0v) is 14.8. The molecular formula is C19H25NO4. The van der Waals surface area contributed by atoms with Crippen molar-refractivity contribution in [1.29, 1.82) is 0 Å². The Morgan fingerprint density at radius 1 is 1.33 bits per heavy atom. The van der Waals surface area contributed by atoms with Crippen molar-refractivity contribution >= 4 is 16.9 Å². The van der Waals surface area contributed by atoms with Crippen molar-refractivity contribution in [2.24, 2.45) is 0 Å². The number of benzene rings is 1. The molecule has 0 unspecified atom stereocenters. The van der Waals surface area contributed by atoms with Gasteiger partial charge in [0.25, 0.3) is 0 Å². The molecule has 0 saturated carbocycles. The molecule has 2 rings (SSSR count). The molecule has 1 aromatic carbocycles. The maximum atomic E-state index is 12.3. The average molecular weight is 331 g/mol. The second-order valence-corrected chi connectivity index (χ2v) is 6.02. The van der Waals surface area contributed by atoms with Crippen molar-refractivity contribution < 1.29 is 13.9 Å². The highest BCUT2D eigenvalue weighted by molar-refractivity contribution is 5.82. The summed E-state index contributed by atoms with van der Waals surface area (Å²) in [6, 6.07) is 5.42. The number of aryl methyl sites for hydroxylation is 1. The first-order valence-corrected chi connectivity index (χ1v) is 8.32. The number of ether oxygens (including phenoxy) is 1. The predicted octanol–water partition coefficient (Wildman–Crippen LogP) is 3.30. The van der Waals surface area contributed by atoms with Gasteiger partial charge in [0.15, 0.2) is 0 Å². The van der Waals surface area contributed by atoms with Crippen LogP contribution in [0.4, 0.5) is 0 Å². The number of carbonyl (C=O) groups excluding carboxylic acids is 1. The lowest BCUT2D eigenvalue weighted by Crippen LogP contribution is -2.28. The van der Waals surface area contributed by atoms with Crippen LogP contribution >= 0.6 is 0 Å². The molecule has 5 nitrogen and oxygen atoms in total. The third-order valence-electron chi connectivity index (χ3n) is 4.36. The number of carbonyl (C=O) groups is 1. The second-order valence-electron chi connectivity index (χ2n) is 6.02. The Kier molecular flexibility index (Phi) is 6.01. The van der Waals surface area contributed by atoms with Crippen molar-refractivity contribution in [3.8, 4) is 5.75 Å². The molecule has 0 fully saturated rings. The number of hydrogen-bond donors (Lipinski definition) is 0. The predicted molar refractivity (Wildman–Crippen MR) is 94.6 cm³/mol. The van der Waals surface area contributed by atoms with Crippen LogP contribution < -0.4 is 10.4 Å². The lowest BCUT2D eigenvalue weighted by atomic mass is 10.0. The van der Waals surface area contributed by atoms with Gasteiger partial charge in [0, 0.05) is 37.0 Å². The highest BCUT2D eigenvalue weighted by Gasteiger charge is 2.15. The van der Waals surface area contributed by atoms with Gasteiger partial charge >= 0.3 is 5.63 Å². The molecule has 0 bridgehead atoms. The number of amides is 1. The Hall–Kier alpha value is -2.30. The molecule has 0 radical (unpaired) electrons. The average Bonchev–Trinajstić information content (AvgIpc) is 2.58.